The Morgan fingerprint density at radius 1 is 0.900 bits per heavy atom. The fourth-order valence-corrected chi connectivity index (χ4v) is 4.32. The molecule has 0 saturated heterocycles. The van der Waals surface area contributed by atoms with Crippen molar-refractivity contribution in [1.29, 1.82) is 0 Å². The number of halogens is 1. The fraction of sp³-hybridized carbons (Fsp3) is 0.0833. The number of hydrogen-bond donors (Lipinski definition) is 1. The van der Waals surface area contributed by atoms with E-state index in [0.29, 0.717) is 17.3 Å². The van der Waals surface area contributed by atoms with Crippen LogP contribution in [-0.4, -0.2) is 14.8 Å². The standard InChI is InChI=1S/C24H17FN4O/c25-18-12-6-4-10-16(18)23-20-21(17-11-5-7-13-19(17)30-23)28-24-26-14-27-29(24)22(20)15-8-2-1-3-9-15/h1-14,22-23H,(H,26,27,28)/t22-,23-/m0/s1. The Balaban J connectivity index is 1.66. The molecule has 0 unspecified atom stereocenters. The summed E-state index contributed by atoms with van der Waals surface area (Å²) in [6.07, 6.45) is 0.924. The van der Waals surface area contributed by atoms with Crippen LogP contribution in [0.4, 0.5) is 10.3 Å². The summed E-state index contributed by atoms with van der Waals surface area (Å²) in [5.74, 6) is 1.05. The number of aromatic nitrogens is 3. The van der Waals surface area contributed by atoms with Gasteiger partial charge in [-0.15, -0.1) is 0 Å². The van der Waals surface area contributed by atoms with Crippen molar-refractivity contribution in [3.63, 3.8) is 0 Å². The zero-order valence-electron chi connectivity index (χ0n) is 15.9. The molecule has 2 aliphatic rings. The quantitative estimate of drug-likeness (QED) is 0.519. The van der Waals surface area contributed by atoms with Gasteiger partial charge in [-0.05, 0) is 23.8 Å². The summed E-state index contributed by atoms with van der Waals surface area (Å²) >= 11 is 0. The topological polar surface area (TPSA) is 52.0 Å². The zero-order chi connectivity index (χ0) is 20.1. The van der Waals surface area contributed by atoms with Gasteiger partial charge in [-0.25, -0.2) is 9.07 Å². The number of hydrogen-bond acceptors (Lipinski definition) is 4. The van der Waals surface area contributed by atoms with Gasteiger partial charge in [-0.3, -0.25) is 0 Å². The molecule has 0 saturated carbocycles. The Labute approximate surface area is 172 Å². The summed E-state index contributed by atoms with van der Waals surface area (Å²) in [5, 5.41) is 7.89. The highest BCUT2D eigenvalue weighted by Gasteiger charge is 2.41. The van der Waals surface area contributed by atoms with Crippen LogP contribution in [0.15, 0.2) is 90.8 Å². The monoisotopic (exact) mass is 396 g/mol. The minimum Gasteiger partial charge on any atom is -0.480 e. The van der Waals surface area contributed by atoms with Crippen molar-refractivity contribution in [3.05, 3.63) is 113 Å². The van der Waals surface area contributed by atoms with Gasteiger partial charge >= 0.3 is 0 Å². The van der Waals surface area contributed by atoms with Crippen molar-refractivity contribution in [2.24, 2.45) is 0 Å². The lowest BCUT2D eigenvalue weighted by atomic mass is 9.84. The number of nitrogens with one attached hydrogen (secondary N) is 1. The van der Waals surface area contributed by atoms with Gasteiger partial charge in [-0.2, -0.15) is 10.1 Å². The van der Waals surface area contributed by atoms with E-state index < -0.39 is 6.10 Å². The molecule has 0 aliphatic carbocycles. The Kier molecular flexibility index (Phi) is 3.71. The predicted octanol–water partition coefficient (Wildman–Crippen LogP) is 4.98. The van der Waals surface area contributed by atoms with Gasteiger partial charge in [0, 0.05) is 16.7 Å². The summed E-state index contributed by atoms with van der Waals surface area (Å²) in [6, 6.07) is 24.3. The second-order valence-electron chi connectivity index (χ2n) is 7.31. The predicted molar refractivity (Wildman–Crippen MR) is 111 cm³/mol. The summed E-state index contributed by atoms with van der Waals surface area (Å²) in [5.41, 5.74) is 4.24. The lowest BCUT2D eigenvalue weighted by Crippen LogP contribution is -2.32. The molecule has 0 amide bonds. The number of rotatable bonds is 2. The van der Waals surface area contributed by atoms with Crippen LogP contribution in [0, 0.1) is 5.82 Å². The Hall–Kier alpha value is -3.93. The van der Waals surface area contributed by atoms with E-state index in [4.69, 9.17) is 4.74 Å². The first kappa shape index (κ1) is 17.0. The molecule has 3 aromatic carbocycles. The van der Waals surface area contributed by atoms with E-state index in [0.717, 1.165) is 22.4 Å². The minimum atomic E-state index is -0.605. The van der Waals surface area contributed by atoms with E-state index in [9.17, 15) is 4.39 Å². The second-order valence-corrected chi connectivity index (χ2v) is 7.31. The lowest BCUT2D eigenvalue weighted by molar-refractivity contribution is 0.218. The first-order valence-electron chi connectivity index (χ1n) is 9.77. The van der Waals surface area contributed by atoms with Crippen molar-refractivity contribution in [1.82, 2.24) is 14.8 Å². The number of para-hydroxylation sites is 1. The highest BCUT2D eigenvalue weighted by molar-refractivity contribution is 5.85. The van der Waals surface area contributed by atoms with Gasteiger partial charge in [0.25, 0.3) is 0 Å². The lowest BCUT2D eigenvalue weighted by Gasteiger charge is -2.39. The van der Waals surface area contributed by atoms with E-state index in [2.05, 4.69) is 15.4 Å². The van der Waals surface area contributed by atoms with Gasteiger partial charge in [0.1, 0.15) is 23.9 Å². The molecular weight excluding hydrogens is 379 g/mol. The minimum absolute atomic E-state index is 0.280. The largest absolute Gasteiger partial charge is 0.480 e. The number of nitrogens with zero attached hydrogens (tertiary/aromatic N) is 3. The van der Waals surface area contributed by atoms with Crippen LogP contribution in [0.3, 0.4) is 0 Å². The molecule has 2 atom stereocenters. The molecule has 30 heavy (non-hydrogen) atoms. The number of benzene rings is 3. The van der Waals surface area contributed by atoms with Crippen LogP contribution in [0.5, 0.6) is 5.75 Å². The van der Waals surface area contributed by atoms with E-state index in [-0.39, 0.29) is 11.9 Å². The fourth-order valence-electron chi connectivity index (χ4n) is 4.32. The van der Waals surface area contributed by atoms with E-state index in [1.54, 1.807) is 12.1 Å². The summed E-state index contributed by atoms with van der Waals surface area (Å²) < 4.78 is 23.2. The second kappa shape index (κ2) is 6.56. The molecule has 6 rings (SSSR count). The van der Waals surface area contributed by atoms with Crippen LogP contribution >= 0.6 is 0 Å². The third-order valence-corrected chi connectivity index (χ3v) is 5.62. The third kappa shape index (κ3) is 2.47. The van der Waals surface area contributed by atoms with Crippen molar-refractivity contribution < 1.29 is 9.13 Å². The molecule has 0 spiro atoms. The first-order valence-corrected chi connectivity index (χ1v) is 9.77. The Morgan fingerprint density at radius 2 is 1.67 bits per heavy atom. The molecule has 0 fully saturated rings. The Morgan fingerprint density at radius 3 is 2.53 bits per heavy atom. The van der Waals surface area contributed by atoms with E-state index in [1.807, 2.05) is 65.3 Å². The smallest absolute Gasteiger partial charge is 0.226 e. The van der Waals surface area contributed by atoms with Crippen LogP contribution in [0.25, 0.3) is 5.70 Å². The molecule has 4 aromatic rings. The number of ether oxygens (including phenoxy) is 1. The highest BCUT2D eigenvalue weighted by Crippen LogP contribution is 2.50. The molecule has 1 N–H and O–H groups in total. The molecule has 5 nitrogen and oxygen atoms in total. The van der Waals surface area contributed by atoms with Gasteiger partial charge in [0.2, 0.25) is 5.95 Å². The summed E-state index contributed by atoms with van der Waals surface area (Å²) in [7, 11) is 0. The molecule has 0 radical (unpaired) electrons. The maximum absolute atomic E-state index is 14.9. The zero-order valence-corrected chi connectivity index (χ0v) is 15.9. The van der Waals surface area contributed by atoms with E-state index >= 15 is 0 Å². The third-order valence-electron chi connectivity index (χ3n) is 5.62. The van der Waals surface area contributed by atoms with Gasteiger partial charge in [-0.1, -0.05) is 60.7 Å². The van der Waals surface area contributed by atoms with Crippen molar-refractivity contribution in [3.8, 4) is 5.75 Å². The molecule has 0 bridgehead atoms. The molecular formula is C24H17FN4O. The molecule has 1 aromatic heterocycles. The number of fused-ring (bicyclic) bond motifs is 3. The normalized spacial score (nSPS) is 19.2. The van der Waals surface area contributed by atoms with Gasteiger partial charge < -0.3 is 10.1 Å². The Bertz CT molecular complexity index is 1280. The highest BCUT2D eigenvalue weighted by atomic mass is 19.1. The van der Waals surface area contributed by atoms with Gasteiger partial charge in [0.05, 0.1) is 5.70 Å². The molecule has 146 valence electrons. The van der Waals surface area contributed by atoms with Gasteiger partial charge in [0.15, 0.2) is 6.10 Å². The molecule has 2 aliphatic heterocycles. The summed E-state index contributed by atoms with van der Waals surface area (Å²) in [4.78, 5) is 4.40. The van der Waals surface area contributed by atoms with Crippen molar-refractivity contribution in [2.75, 3.05) is 5.32 Å². The van der Waals surface area contributed by atoms with Crippen LogP contribution in [0.2, 0.25) is 0 Å². The van der Waals surface area contributed by atoms with Crippen LogP contribution < -0.4 is 10.1 Å². The van der Waals surface area contributed by atoms with Crippen molar-refractivity contribution >= 4 is 11.6 Å². The maximum atomic E-state index is 14.9. The van der Waals surface area contributed by atoms with Crippen LogP contribution in [0.1, 0.15) is 28.8 Å². The van der Waals surface area contributed by atoms with E-state index in [1.165, 1.54) is 12.4 Å². The number of anilines is 1. The first-order chi connectivity index (χ1) is 14.8. The average molecular weight is 396 g/mol. The summed E-state index contributed by atoms with van der Waals surface area (Å²) in [6.45, 7) is 0. The molecule has 3 heterocycles. The SMILES string of the molecule is Fc1ccccc1[C@@H]1Oc2ccccc2C2=C1[C@H](c1ccccc1)n1ncnc1N2. The average Bonchev–Trinajstić information content (AvgIpc) is 3.26. The molecule has 6 heteroatoms. The van der Waals surface area contributed by atoms with Crippen LogP contribution in [-0.2, 0) is 0 Å². The maximum Gasteiger partial charge on any atom is 0.226 e. The van der Waals surface area contributed by atoms with Crippen molar-refractivity contribution in [2.45, 2.75) is 12.1 Å².